The molecule has 0 saturated heterocycles. The molecule has 2 rings (SSSR count). The summed E-state index contributed by atoms with van der Waals surface area (Å²) in [5.41, 5.74) is 1.08. The van der Waals surface area contributed by atoms with E-state index in [9.17, 15) is 9.18 Å². The Kier molecular flexibility index (Phi) is 4.82. The average Bonchev–Trinajstić information content (AvgIpc) is 2.38. The molecule has 1 amide bonds. The molecule has 0 aromatic heterocycles. The molecule has 0 saturated carbocycles. The Morgan fingerprint density at radius 2 is 1.70 bits per heavy atom. The first-order valence-corrected chi connectivity index (χ1v) is 6.54. The first-order chi connectivity index (χ1) is 9.52. The first-order valence-electron chi connectivity index (χ1n) is 5.78. The lowest BCUT2D eigenvalue weighted by molar-refractivity contribution is -0.114. The lowest BCUT2D eigenvalue weighted by Crippen LogP contribution is -2.21. The number of benzene rings is 2. The molecule has 0 atom stereocenters. The Morgan fingerprint density at radius 1 is 1.00 bits per heavy atom. The summed E-state index contributed by atoms with van der Waals surface area (Å²) < 4.78 is 13.1. The average molecular weight is 313 g/mol. The van der Waals surface area contributed by atoms with E-state index in [-0.39, 0.29) is 17.5 Å². The van der Waals surface area contributed by atoms with E-state index in [1.165, 1.54) is 12.1 Å². The molecule has 104 valence electrons. The lowest BCUT2D eigenvalue weighted by Gasteiger charge is -2.08. The van der Waals surface area contributed by atoms with E-state index in [1.807, 2.05) is 0 Å². The van der Waals surface area contributed by atoms with E-state index in [1.54, 1.807) is 30.3 Å². The summed E-state index contributed by atoms with van der Waals surface area (Å²) in [4.78, 5) is 11.7. The molecule has 3 nitrogen and oxygen atoms in total. The highest BCUT2D eigenvalue weighted by Crippen LogP contribution is 2.18. The van der Waals surface area contributed by atoms with Crippen molar-refractivity contribution in [2.45, 2.75) is 0 Å². The fraction of sp³-hybridized carbons (Fsp3) is 0.0714. The molecular weight excluding hydrogens is 302 g/mol. The van der Waals surface area contributed by atoms with Crippen molar-refractivity contribution in [1.29, 1.82) is 0 Å². The van der Waals surface area contributed by atoms with Gasteiger partial charge in [-0.05, 0) is 42.5 Å². The van der Waals surface area contributed by atoms with Crippen LogP contribution in [0.5, 0.6) is 0 Å². The number of hydrogen-bond acceptors (Lipinski definition) is 2. The zero-order valence-corrected chi connectivity index (χ0v) is 11.8. The van der Waals surface area contributed by atoms with Crippen LogP contribution in [0.25, 0.3) is 0 Å². The van der Waals surface area contributed by atoms with Crippen LogP contribution in [0.4, 0.5) is 15.8 Å². The highest BCUT2D eigenvalue weighted by Gasteiger charge is 2.04. The molecule has 0 unspecified atom stereocenters. The van der Waals surface area contributed by atoms with Crippen molar-refractivity contribution in [3.63, 3.8) is 0 Å². The van der Waals surface area contributed by atoms with Crippen molar-refractivity contribution in [2.75, 3.05) is 17.2 Å². The topological polar surface area (TPSA) is 41.1 Å². The third-order valence-electron chi connectivity index (χ3n) is 2.44. The van der Waals surface area contributed by atoms with Gasteiger partial charge in [0.15, 0.2) is 0 Å². The van der Waals surface area contributed by atoms with Gasteiger partial charge in [-0.2, -0.15) is 0 Å². The van der Waals surface area contributed by atoms with Crippen LogP contribution in [0.15, 0.2) is 42.5 Å². The Morgan fingerprint density at radius 3 is 2.35 bits per heavy atom. The number of carbonyl (C=O) groups excluding carboxylic acids is 1. The van der Waals surface area contributed by atoms with Crippen molar-refractivity contribution >= 4 is 40.5 Å². The quantitative estimate of drug-likeness (QED) is 0.889. The van der Waals surface area contributed by atoms with E-state index in [0.29, 0.717) is 16.4 Å². The van der Waals surface area contributed by atoms with Crippen molar-refractivity contribution in [3.05, 3.63) is 58.3 Å². The summed E-state index contributed by atoms with van der Waals surface area (Å²) in [6.07, 6.45) is 0. The number of halogens is 3. The van der Waals surface area contributed by atoms with Crippen LogP contribution in [0, 0.1) is 5.82 Å². The van der Waals surface area contributed by atoms with E-state index in [0.717, 1.165) is 0 Å². The van der Waals surface area contributed by atoms with Gasteiger partial charge in [0, 0.05) is 21.4 Å². The monoisotopic (exact) mass is 312 g/mol. The van der Waals surface area contributed by atoms with Gasteiger partial charge in [0.25, 0.3) is 0 Å². The summed E-state index contributed by atoms with van der Waals surface area (Å²) in [7, 11) is 0. The van der Waals surface area contributed by atoms with Crippen molar-refractivity contribution in [2.24, 2.45) is 0 Å². The Hall–Kier alpha value is -1.78. The number of anilines is 2. The second-order valence-corrected chi connectivity index (χ2v) is 4.94. The number of hydrogen-bond donors (Lipinski definition) is 2. The maximum Gasteiger partial charge on any atom is 0.243 e. The number of amides is 1. The van der Waals surface area contributed by atoms with Crippen molar-refractivity contribution in [3.8, 4) is 0 Å². The molecule has 2 aromatic rings. The smallest absolute Gasteiger partial charge is 0.243 e. The molecular formula is C14H11Cl2FN2O. The van der Waals surface area contributed by atoms with Gasteiger partial charge in [-0.25, -0.2) is 4.39 Å². The van der Waals surface area contributed by atoms with Gasteiger partial charge in [0.1, 0.15) is 5.82 Å². The van der Waals surface area contributed by atoms with Crippen LogP contribution >= 0.6 is 23.2 Å². The number of carbonyl (C=O) groups is 1. The second-order valence-electron chi connectivity index (χ2n) is 4.07. The molecule has 0 aliphatic rings. The minimum atomic E-state index is -0.460. The standard InChI is InChI=1S/C14H11Cl2FN2O/c15-9-1-3-12(4-2-9)19-14(20)8-18-13-6-10(16)5-11(17)7-13/h1-7,18H,8H2,(H,19,20). The van der Waals surface area contributed by atoms with Crippen LogP contribution in [0.1, 0.15) is 0 Å². The maximum absolute atomic E-state index is 13.1. The molecule has 0 fully saturated rings. The minimum Gasteiger partial charge on any atom is -0.376 e. The molecule has 0 aliphatic heterocycles. The van der Waals surface area contributed by atoms with Crippen LogP contribution in [0.2, 0.25) is 10.0 Å². The van der Waals surface area contributed by atoms with Crippen molar-refractivity contribution < 1.29 is 9.18 Å². The fourth-order valence-electron chi connectivity index (χ4n) is 1.58. The minimum absolute atomic E-state index is 0.00239. The molecule has 2 aromatic carbocycles. The Labute approximate surface area is 125 Å². The number of rotatable bonds is 4. The molecule has 0 heterocycles. The SMILES string of the molecule is O=C(CNc1cc(F)cc(Cl)c1)Nc1ccc(Cl)cc1. The van der Waals surface area contributed by atoms with Gasteiger partial charge < -0.3 is 10.6 Å². The molecule has 20 heavy (non-hydrogen) atoms. The van der Waals surface area contributed by atoms with Crippen LogP contribution in [0.3, 0.4) is 0 Å². The molecule has 0 spiro atoms. The maximum atomic E-state index is 13.1. The highest BCUT2D eigenvalue weighted by molar-refractivity contribution is 6.31. The van der Waals surface area contributed by atoms with Crippen LogP contribution in [-0.4, -0.2) is 12.5 Å². The number of nitrogens with one attached hydrogen (secondary N) is 2. The third kappa shape index (κ3) is 4.40. The van der Waals surface area contributed by atoms with E-state index >= 15 is 0 Å². The van der Waals surface area contributed by atoms with Crippen molar-refractivity contribution in [1.82, 2.24) is 0 Å². The summed E-state index contributed by atoms with van der Waals surface area (Å²) in [6, 6.07) is 10.7. The van der Waals surface area contributed by atoms with Gasteiger partial charge in [-0.1, -0.05) is 23.2 Å². The predicted molar refractivity (Wildman–Crippen MR) is 80.0 cm³/mol. The first kappa shape index (κ1) is 14.6. The molecule has 0 bridgehead atoms. The summed E-state index contributed by atoms with van der Waals surface area (Å²) in [5.74, 6) is -0.717. The zero-order valence-electron chi connectivity index (χ0n) is 10.3. The Bertz CT molecular complexity index is 597. The van der Waals surface area contributed by atoms with E-state index in [2.05, 4.69) is 10.6 Å². The molecule has 0 aliphatic carbocycles. The van der Waals surface area contributed by atoms with E-state index in [4.69, 9.17) is 23.2 Å². The summed E-state index contributed by atoms with van der Waals surface area (Å²) in [5, 5.41) is 6.34. The van der Waals surface area contributed by atoms with Gasteiger partial charge >= 0.3 is 0 Å². The second kappa shape index (κ2) is 6.59. The third-order valence-corrected chi connectivity index (χ3v) is 2.91. The van der Waals surface area contributed by atoms with Crippen LogP contribution < -0.4 is 10.6 Å². The molecule has 2 N–H and O–H groups in total. The molecule has 6 heteroatoms. The zero-order chi connectivity index (χ0) is 14.5. The summed E-state index contributed by atoms with van der Waals surface area (Å²) >= 11 is 11.5. The van der Waals surface area contributed by atoms with Crippen LogP contribution in [-0.2, 0) is 4.79 Å². The van der Waals surface area contributed by atoms with Gasteiger partial charge in [-0.3, -0.25) is 4.79 Å². The Balaban J connectivity index is 1.90. The predicted octanol–water partition coefficient (Wildman–Crippen LogP) is 4.18. The summed E-state index contributed by atoms with van der Waals surface area (Å²) in [6.45, 7) is 0.00239. The molecule has 0 radical (unpaired) electrons. The van der Waals surface area contributed by atoms with Gasteiger partial charge in [0.05, 0.1) is 6.54 Å². The largest absolute Gasteiger partial charge is 0.376 e. The highest BCUT2D eigenvalue weighted by atomic mass is 35.5. The normalized spacial score (nSPS) is 10.2. The van der Waals surface area contributed by atoms with Gasteiger partial charge in [0.2, 0.25) is 5.91 Å². The fourth-order valence-corrected chi connectivity index (χ4v) is 1.92. The van der Waals surface area contributed by atoms with E-state index < -0.39 is 5.82 Å². The van der Waals surface area contributed by atoms with Gasteiger partial charge in [-0.15, -0.1) is 0 Å². The lowest BCUT2D eigenvalue weighted by atomic mass is 10.3.